The molecule has 2 fully saturated rings. The van der Waals surface area contributed by atoms with Crippen LogP contribution in [0.2, 0.25) is 0 Å². The molecule has 2 saturated heterocycles. The maximum atomic E-state index is 13.2. The van der Waals surface area contributed by atoms with E-state index in [1.54, 1.807) is 18.2 Å². The van der Waals surface area contributed by atoms with Gasteiger partial charge in [-0.05, 0) is 65.0 Å². The molecule has 1 aromatic carbocycles. The third kappa shape index (κ3) is 3.99. The topological polar surface area (TPSA) is 79.6 Å². The molecule has 28 heavy (non-hydrogen) atoms. The van der Waals surface area contributed by atoms with Crippen molar-refractivity contribution in [3.8, 4) is 11.8 Å². The lowest BCUT2D eigenvalue weighted by atomic mass is 9.75. The number of fused-ring (bicyclic) bond motifs is 2. The second-order valence-electron chi connectivity index (χ2n) is 8.65. The molecule has 0 aliphatic carbocycles. The fourth-order valence-electron chi connectivity index (χ4n) is 4.45. The Morgan fingerprint density at radius 1 is 1.18 bits per heavy atom. The van der Waals surface area contributed by atoms with Gasteiger partial charge in [-0.25, -0.2) is 4.79 Å². The first kappa shape index (κ1) is 20.2. The van der Waals surface area contributed by atoms with E-state index in [-0.39, 0.29) is 35.4 Å². The molecule has 2 aliphatic heterocycles. The summed E-state index contributed by atoms with van der Waals surface area (Å²) in [5.41, 5.74) is 0.158. The van der Waals surface area contributed by atoms with Crippen LogP contribution in [0.3, 0.4) is 0 Å². The minimum absolute atomic E-state index is 0.00689. The predicted octanol–water partition coefficient (Wildman–Crippen LogP) is 4.32. The molecule has 3 rings (SSSR count). The quantitative estimate of drug-likeness (QED) is 0.725. The maximum absolute atomic E-state index is 13.2. The molecule has 1 aromatic rings. The summed E-state index contributed by atoms with van der Waals surface area (Å²) in [4.78, 5) is 27.8. The second kappa shape index (κ2) is 7.83. The Kier molecular flexibility index (Phi) is 5.64. The Hall–Kier alpha value is -2.55. The summed E-state index contributed by atoms with van der Waals surface area (Å²) < 4.78 is 10.8. The van der Waals surface area contributed by atoms with Gasteiger partial charge in [0.1, 0.15) is 23.0 Å². The molecule has 2 bridgehead atoms. The van der Waals surface area contributed by atoms with Gasteiger partial charge in [-0.3, -0.25) is 4.79 Å². The molecule has 0 spiro atoms. The Labute approximate surface area is 166 Å². The van der Waals surface area contributed by atoms with Crippen LogP contribution in [0.4, 0.5) is 4.79 Å². The number of carbonyl (C=O) groups is 2. The van der Waals surface area contributed by atoms with E-state index < -0.39 is 5.60 Å². The van der Waals surface area contributed by atoms with Crippen LogP contribution in [0.15, 0.2) is 18.2 Å². The minimum Gasteiger partial charge on any atom is -0.495 e. The first-order valence-electron chi connectivity index (χ1n) is 9.87. The van der Waals surface area contributed by atoms with Gasteiger partial charge in [0.25, 0.3) is 0 Å². The number of hydrogen-bond donors (Lipinski definition) is 0. The molecular formula is C22H28N2O4. The third-order valence-corrected chi connectivity index (χ3v) is 5.57. The molecule has 0 radical (unpaired) electrons. The molecule has 1 amide bonds. The van der Waals surface area contributed by atoms with E-state index in [0.717, 1.165) is 19.3 Å². The number of methoxy groups -OCH3 is 1. The number of ether oxygens (including phenoxy) is 2. The summed E-state index contributed by atoms with van der Waals surface area (Å²) in [6.45, 7) is 5.59. The van der Waals surface area contributed by atoms with Crippen molar-refractivity contribution in [1.82, 2.24) is 4.90 Å². The van der Waals surface area contributed by atoms with Crippen LogP contribution >= 0.6 is 0 Å². The fraction of sp³-hybridized carbons (Fsp3) is 0.591. The molecule has 6 nitrogen and oxygen atoms in total. The Morgan fingerprint density at radius 2 is 1.82 bits per heavy atom. The highest BCUT2D eigenvalue weighted by molar-refractivity contribution is 6.01. The van der Waals surface area contributed by atoms with Crippen molar-refractivity contribution >= 4 is 11.9 Å². The number of ketones is 1. The van der Waals surface area contributed by atoms with E-state index in [9.17, 15) is 14.9 Å². The normalized spacial score (nSPS) is 24.2. The highest BCUT2D eigenvalue weighted by Gasteiger charge is 2.44. The van der Waals surface area contributed by atoms with E-state index in [4.69, 9.17) is 9.47 Å². The zero-order valence-electron chi connectivity index (χ0n) is 17.0. The minimum atomic E-state index is -0.541. The summed E-state index contributed by atoms with van der Waals surface area (Å²) in [5.74, 6) is 0.184. The summed E-state index contributed by atoms with van der Waals surface area (Å²) in [7, 11) is 1.49. The number of amides is 1. The molecule has 2 atom stereocenters. The van der Waals surface area contributed by atoms with Crippen LogP contribution in [-0.4, -0.2) is 41.6 Å². The van der Waals surface area contributed by atoms with Crippen LogP contribution in [0.5, 0.6) is 5.75 Å². The smallest absolute Gasteiger partial charge is 0.410 e. The van der Waals surface area contributed by atoms with E-state index in [1.165, 1.54) is 7.11 Å². The molecule has 0 N–H and O–H groups in total. The first-order valence-corrected chi connectivity index (χ1v) is 9.87. The van der Waals surface area contributed by atoms with Crippen molar-refractivity contribution < 1.29 is 19.1 Å². The lowest BCUT2D eigenvalue weighted by molar-refractivity contribution is -0.0260. The highest BCUT2D eigenvalue weighted by atomic mass is 16.6. The van der Waals surface area contributed by atoms with E-state index in [2.05, 4.69) is 6.07 Å². The van der Waals surface area contributed by atoms with Crippen LogP contribution < -0.4 is 4.74 Å². The fourth-order valence-corrected chi connectivity index (χ4v) is 4.45. The van der Waals surface area contributed by atoms with Crippen LogP contribution in [0, 0.1) is 17.2 Å². The third-order valence-electron chi connectivity index (χ3n) is 5.57. The summed E-state index contributed by atoms with van der Waals surface area (Å²) in [6, 6.07) is 7.24. The zero-order valence-corrected chi connectivity index (χ0v) is 17.0. The van der Waals surface area contributed by atoms with Gasteiger partial charge in [0.15, 0.2) is 5.78 Å². The second-order valence-corrected chi connectivity index (χ2v) is 8.65. The largest absolute Gasteiger partial charge is 0.495 e. The van der Waals surface area contributed by atoms with Crippen molar-refractivity contribution in [2.24, 2.45) is 5.92 Å². The van der Waals surface area contributed by atoms with Crippen molar-refractivity contribution in [3.63, 3.8) is 0 Å². The molecule has 2 heterocycles. The molecule has 6 heteroatoms. The molecule has 2 unspecified atom stereocenters. The number of piperidine rings is 2. The Balaban J connectivity index is 1.82. The lowest BCUT2D eigenvalue weighted by Gasteiger charge is -2.48. The number of nitriles is 1. The average Bonchev–Trinajstić information content (AvgIpc) is 2.64. The van der Waals surface area contributed by atoms with Crippen molar-refractivity contribution in [3.05, 3.63) is 29.3 Å². The van der Waals surface area contributed by atoms with E-state index >= 15 is 0 Å². The van der Waals surface area contributed by atoms with Crippen LogP contribution in [-0.2, 0) is 4.74 Å². The standard InChI is InChI=1S/C22H28N2O4/c1-22(2,3)28-21(26)24-15-7-5-8-16(24)12-14(11-15)20(25)17-9-6-10-19(27-4)18(17)13-23/h6,9-10,14-16H,5,7-8,11-12H2,1-4H3. The monoisotopic (exact) mass is 384 g/mol. The number of hydrogen-bond acceptors (Lipinski definition) is 5. The Bertz CT molecular complexity index is 792. The molecule has 150 valence electrons. The van der Waals surface area contributed by atoms with Gasteiger partial charge in [-0.15, -0.1) is 0 Å². The summed E-state index contributed by atoms with van der Waals surface area (Å²) in [5, 5.41) is 9.51. The molecule has 0 aromatic heterocycles. The zero-order chi connectivity index (χ0) is 20.5. The van der Waals surface area contributed by atoms with Gasteiger partial charge in [0.2, 0.25) is 0 Å². The van der Waals surface area contributed by atoms with E-state index in [0.29, 0.717) is 24.2 Å². The van der Waals surface area contributed by atoms with Crippen LogP contribution in [0.25, 0.3) is 0 Å². The number of benzene rings is 1. The molecule has 0 saturated carbocycles. The predicted molar refractivity (Wildman–Crippen MR) is 104 cm³/mol. The number of carbonyl (C=O) groups excluding carboxylic acids is 2. The Morgan fingerprint density at radius 3 is 2.36 bits per heavy atom. The van der Waals surface area contributed by atoms with Crippen LogP contribution in [0.1, 0.15) is 68.8 Å². The van der Waals surface area contributed by atoms with Gasteiger partial charge >= 0.3 is 6.09 Å². The SMILES string of the molecule is COc1cccc(C(=O)C2CC3CCCC(C2)N3C(=O)OC(C)(C)C)c1C#N. The first-order chi connectivity index (χ1) is 13.2. The lowest BCUT2D eigenvalue weighted by Crippen LogP contribution is -2.56. The van der Waals surface area contributed by atoms with Crippen molar-refractivity contribution in [2.45, 2.75) is 70.6 Å². The molecule has 2 aliphatic rings. The number of nitrogens with zero attached hydrogens (tertiary/aromatic N) is 2. The number of rotatable bonds is 3. The van der Waals surface area contributed by atoms with Gasteiger partial charge in [0, 0.05) is 23.6 Å². The maximum Gasteiger partial charge on any atom is 0.410 e. The van der Waals surface area contributed by atoms with Gasteiger partial charge < -0.3 is 14.4 Å². The summed E-state index contributed by atoms with van der Waals surface area (Å²) >= 11 is 0. The molecular weight excluding hydrogens is 356 g/mol. The van der Waals surface area contributed by atoms with Gasteiger partial charge in [-0.1, -0.05) is 6.07 Å². The van der Waals surface area contributed by atoms with Gasteiger partial charge in [0.05, 0.1) is 7.11 Å². The van der Waals surface area contributed by atoms with Crippen molar-refractivity contribution in [1.29, 1.82) is 5.26 Å². The highest BCUT2D eigenvalue weighted by Crippen LogP contribution is 2.39. The average molecular weight is 384 g/mol. The number of Topliss-reactive ketones (excluding diaryl/α,β-unsaturated/α-hetero) is 1. The van der Waals surface area contributed by atoms with Crippen molar-refractivity contribution in [2.75, 3.05) is 7.11 Å². The summed E-state index contributed by atoms with van der Waals surface area (Å²) in [6.07, 6.45) is 3.74. The van der Waals surface area contributed by atoms with Gasteiger partial charge in [-0.2, -0.15) is 5.26 Å². The van der Waals surface area contributed by atoms with E-state index in [1.807, 2.05) is 25.7 Å².